The first-order valence-electron chi connectivity index (χ1n) is 10.0. The highest BCUT2D eigenvalue weighted by molar-refractivity contribution is 5.89. The van der Waals surface area contributed by atoms with E-state index in [1.807, 2.05) is 19.1 Å². The molecule has 1 saturated heterocycles. The number of rotatable bonds is 6. The lowest BCUT2D eigenvalue weighted by Gasteiger charge is -2.23. The molecule has 2 aliphatic rings. The average Bonchev–Trinajstić information content (AvgIpc) is 3.17. The number of morpholine rings is 1. The molecular weight excluding hydrogens is 360 g/mol. The molecule has 150 valence electrons. The second kappa shape index (κ2) is 8.32. The number of benzene rings is 1. The van der Waals surface area contributed by atoms with E-state index in [0.717, 1.165) is 74.2 Å². The predicted molar refractivity (Wildman–Crippen MR) is 104 cm³/mol. The summed E-state index contributed by atoms with van der Waals surface area (Å²) in [6.45, 7) is 6.92. The molecule has 4 rings (SSSR count). The van der Waals surface area contributed by atoms with Crippen LogP contribution in [0, 0.1) is 6.92 Å². The van der Waals surface area contributed by atoms with Crippen molar-refractivity contribution in [3.05, 3.63) is 39.2 Å². The Morgan fingerprint density at radius 3 is 2.82 bits per heavy atom. The molecule has 0 atom stereocenters. The minimum atomic E-state index is -0.250. The van der Waals surface area contributed by atoms with Crippen LogP contribution in [0.25, 0.3) is 11.0 Å². The largest absolute Gasteiger partial charge is 0.483 e. The fourth-order valence-corrected chi connectivity index (χ4v) is 4.10. The maximum atomic E-state index is 12.2. The molecule has 0 bridgehead atoms. The zero-order valence-corrected chi connectivity index (χ0v) is 16.3. The number of amides is 1. The zero-order chi connectivity index (χ0) is 19.5. The van der Waals surface area contributed by atoms with Crippen LogP contribution in [0.15, 0.2) is 21.3 Å². The molecule has 1 aromatic carbocycles. The molecule has 1 fully saturated rings. The molecule has 7 nitrogen and oxygen atoms in total. The van der Waals surface area contributed by atoms with Crippen LogP contribution in [0.1, 0.15) is 23.1 Å². The molecule has 0 spiro atoms. The van der Waals surface area contributed by atoms with Gasteiger partial charge in [0.05, 0.1) is 31.7 Å². The van der Waals surface area contributed by atoms with Gasteiger partial charge in [-0.3, -0.25) is 4.79 Å². The Morgan fingerprint density at radius 2 is 2.00 bits per heavy atom. The molecule has 7 heteroatoms. The van der Waals surface area contributed by atoms with Crippen LogP contribution in [-0.4, -0.2) is 51.9 Å². The third kappa shape index (κ3) is 4.05. The van der Waals surface area contributed by atoms with Crippen LogP contribution in [-0.2, 0) is 22.4 Å². The Hall–Kier alpha value is -2.38. The third-order valence-electron chi connectivity index (χ3n) is 5.54. The van der Waals surface area contributed by atoms with Gasteiger partial charge in [-0.1, -0.05) is 0 Å². The number of carbonyl (C=O) groups is 1. The van der Waals surface area contributed by atoms with Crippen molar-refractivity contribution in [2.75, 3.05) is 46.0 Å². The minimum absolute atomic E-state index is 0.0507. The number of hydrogen-bond acceptors (Lipinski definition) is 5. The number of ether oxygens (including phenoxy) is 2. The van der Waals surface area contributed by atoms with Gasteiger partial charge in [0, 0.05) is 5.56 Å². The molecule has 2 N–H and O–H groups in total. The topological polar surface area (TPSA) is 82.2 Å². The molecule has 1 aromatic heterocycles. The molecular formula is C21H27N2O5+. The van der Waals surface area contributed by atoms with Gasteiger partial charge in [-0.05, 0) is 49.4 Å². The average molecular weight is 387 g/mol. The van der Waals surface area contributed by atoms with Crippen molar-refractivity contribution >= 4 is 16.9 Å². The van der Waals surface area contributed by atoms with Crippen LogP contribution >= 0.6 is 0 Å². The highest BCUT2D eigenvalue weighted by atomic mass is 16.5. The summed E-state index contributed by atoms with van der Waals surface area (Å²) in [6.07, 6.45) is 2.52. The number of hydrogen-bond donors (Lipinski definition) is 2. The monoisotopic (exact) mass is 387 g/mol. The van der Waals surface area contributed by atoms with Crippen LogP contribution in [0.3, 0.4) is 0 Å². The summed E-state index contributed by atoms with van der Waals surface area (Å²) in [5.74, 6) is 0.474. The van der Waals surface area contributed by atoms with Crippen molar-refractivity contribution in [1.82, 2.24) is 5.32 Å². The zero-order valence-electron chi connectivity index (χ0n) is 16.3. The number of aryl methyl sites for hydroxylation is 2. The van der Waals surface area contributed by atoms with E-state index in [4.69, 9.17) is 13.9 Å². The normalized spacial score (nSPS) is 16.9. The van der Waals surface area contributed by atoms with E-state index in [0.29, 0.717) is 17.9 Å². The maximum Gasteiger partial charge on any atom is 0.339 e. The first-order chi connectivity index (χ1) is 13.6. The Bertz CT molecular complexity index is 931. The molecule has 1 aliphatic carbocycles. The van der Waals surface area contributed by atoms with Gasteiger partial charge in [0.25, 0.3) is 5.91 Å². The fourth-order valence-electron chi connectivity index (χ4n) is 4.10. The van der Waals surface area contributed by atoms with Gasteiger partial charge in [-0.25, -0.2) is 4.79 Å². The summed E-state index contributed by atoms with van der Waals surface area (Å²) in [5, 5.41) is 3.76. The smallest absolute Gasteiger partial charge is 0.339 e. The fraction of sp³-hybridized carbons (Fsp3) is 0.524. The first-order valence-corrected chi connectivity index (χ1v) is 10.0. The van der Waals surface area contributed by atoms with Gasteiger partial charge in [-0.15, -0.1) is 0 Å². The molecule has 1 amide bonds. The van der Waals surface area contributed by atoms with Crippen molar-refractivity contribution < 1.29 is 23.6 Å². The van der Waals surface area contributed by atoms with E-state index in [2.05, 4.69) is 5.32 Å². The highest BCUT2D eigenvalue weighted by Crippen LogP contribution is 2.35. The summed E-state index contributed by atoms with van der Waals surface area (Å²) >= 11 is 0. The van der Waals surface area contributed by atoms with E-state index in [1.165, 1.54) is 4.90 Å². The van der Waals surface area contributed by atoms with Crippen LogP contribution in [0.2, 0.25) is 0 Å². The molecule has 2 aromatic rings. The Morgan fingerprint density at radius 1 is 1.21 bits per heavy atom. The summed E-state index contributed by atoms with van der Waals surface area (Å²) < 4.78 is 16.7. The highest BCUT2D eigenvalue weighted by Gasteiger charge is 2.23. The van der Waals surface area contributed by atoms with E-state index in [9.17, 15) is 9.59 Å². The number of nitrogens with one attached hydrogen (secondary N) is 2. The van der Waals surface area contributed by atoms with Crippen molar-refractivity contribution in [2.45, 2.75) is 26.2 Å². The van der Waals surface area contributed by atoms with Crippen molar-refractivity contribution in [1.29, 1.82) is 0 Å². The quantitative estimate of drug-likeness (QED) is 0.682. The second-order valence-electron chi connectivity index (χ2n) is 7.59. The SMILES string of the molecule is Cc1cc(OCC(=O)NCC[NH+]2CCOCC2)c2c3c(c(=O)oc2c1)CCC3. The minimum Gasteiger partial charge on any atom is -0.483 e. The standard InChI is InChI=1S/C21H26N2O5/c1-14-11-17(20-15-3-2-4-16(15)21(25)28-18(20)12-14)27-13-19(24)22-5-6-23-7-9-26-10-8-23/h11-12H,2-10,13H2,1H3,(H,22,24)/p+1. The molecule has 28 heavy (non-hydrogen) atoms. The van der Waals surface area contributed by atoms with Crippen molar-refractivity contribution in [2.24, 2.45) is 0 Å². The first kappa shape index (κ1) is 19.0. The van der Waals surface area contributed by atoms with E-state index >= 15 is 0 Å². The Kier molecular flexibility index (Phi) is 5.64. The summed E-state index contributed by atoms with van der Waals surface area (Å²) in [7, 11) is 0. The third-order valence-corrected chi connectivity index (χ3v) is 5.54. The number of quaternary nitrogens is 1. The second-order valence-corrected chi connectivity index (χ2v) is 7.59. The number of carbonyl (C=O) groups excluding carboxylic acids is 1. The van der Waals surface area contributed by atoms with E-state index in [-0.39, 0.29) is 18.1 Å². The van der Waals surface area contributed by atoms with Crippen molar-refractivity contribution in [3.8, 4) is 5.75 Å². The van der Waals surface area contributed by atoms with Crippen LogP contribution < -0.4 is 20.6 Å². The molecule has 0 radical (unpaired) electrons. The Labute approximate surface area is 163 Å². The lowest BCUT2D eigenvalue weighted by Crippen LogP contribution is -3.14. The van der Waals surface area contributed by atoms with E-state index in [1.54, 1.807) is 0 Å². The van der Waals surface area contributed by atoms with Gasteiger partial charge in [0.2, 0.25) is 0 Å². The lowest BCUT2D eigenvalue weighted by molar-refractivity contribution is -0.906. The van der Waals surface area contributed by atoms with E-state index < -0.39 is 0 Å². The maximum absolute atomic E-state index is 12.2. The van der Waals surface area contributed by atoms with Gasteiger partial charge in [0.1, 0.15) is 24.4 Å². The summed E-state index contributed by atoms with van der Waals surface area (Å²) in [4.78, 5) is 25.9. The summed E-state index contributed by atoms with van der Waals surface area (Å²) in [5.41, 5.74) is 2.98. The van der Waals surface area contributed by atoms with Crippen LogP contribution in [0.5, 0.6) is 5.75 Å². The predicted octanol–water partition coefficient (Wildman–Crippen LogP) is 0.000220. The summed E-state index contributed by atoms with van der Waals surface area (Å²) in [6, 6.07) is 3.76. The lowest BCUT2D eigenvalue weighted by atomic mass is 10.0. The van der Waals surface area contributed by atoms with Gasteiger partial charge < -0.3 is 24.1 Å². The molecule has 0 saturated carbocycles. The van der Waals surface area contributed by atoms with Gasteiger partial charge >= 0.3 is 5.63 Å². The molecule has 2 heterocycles. The van der Waals surface area contributed by atoms with Gasteiger partial charge in [0.15, 0.2) is 6.61 Å². The number of fused-ring (bicyclic) bond motifs is 3. The Balaban J connectivity index is 1.42. The molecule has 0 unspecified atom stereocenters. The van der Waals surface area contributed by atoms with Crippen LogP contribution in [0.4, 0.5) is 0 Å². The molecule has 1 aliphatic heterocycles. The van der Waals surface area contributed by atoms with Crippen molar-refractivity contribution in [3.63, 3.8) is 0 Å². The van der Waals surface area contributed by atoms with Gasteiger partial charge in [-0.2, -0.15) is 0 Å².